The van der Waals surface area contributed by atoms with Crippen LogP contribution in [0, 0.1) is 5.92 Å². The molecule has 1 N–H and O–H groups in total. The van der Waals surface area contributed by atoms with E-state index >= 15 is 0 Å². The molecule has 0 aliphatic heterocycles. The monoisotopic (exact) mass is 507 g/mol. The van der Waals surface area contributed by atoms with Crippen LogP contribution in [0.2, 0.25) is 0 Å². The predicted octanol–water partition coefficient (Wildman–Crippen LogP) is 7.76. The Kier molecular flexibility index (Phi) is 8.16. The number of carbonyl (C=O) groups excluding carboxylic acids is 1. The van der Waals surface area contributed by atoms with Crippen LogP contribution in [0.25, 0.3) is 0 Å². The van der Waals surface area contributed by atoms with Crippen LogP contribution in [0.5, 0.6) is 0 Å². The Bertz CT molecular complexity index is 1110. The number of rotatable bonds is 8. The zero-order valence-electron chi connectivity index (χ0n) is 19.9. The van der Waals surface area contributed by atoms with Gasteiger partial charge in [0.1, 0.15) is 0 Å². The van der Waals surface area contributed by atoms with E-state index in [4.69, 9.17) is 0 Å². The quantitative estimate of drug-likeness (QED) is 0.310. The average Bonchev–Trinajstić information content (AvgIpc) is 2.82. The standard InChI is InChI=1S/C28H27F6NO/c1-19(2)14-15-25(36)35-26(18-20-8-4-3-5-9-20,21-10-6-12-23(16-21)27(29,30)31)22-11-7-13-24(17-22)28(32,33)34/h3-13,16-17,19H,14-15,18H2,1-2H3,(H,35,36). The molecule has 3 rings (SSSR count). The van der Waals surface area contributed by atoms with Gasteiger partial charge >= 0.3 is 12.4 Å². The fraction of sp³-hybridized carbons (Fsp3) is 0.321. The van der Waals surface area contributed by atoms with Crippen LogP contribution >= 0.6 is 0 Å². The molecular formula is C28H27F6NO. The Labute approximate surface area is 206 Å². The molecule has 0 bridgehead atoms. The van der Waals surface area contributed by atoms with E-state index in [0.29, 0.717) is 12.0 Å². The molecule has 0 aliphatic carbocycles. The van der Waals surface area contributed by atoms with Crippen molar-refractivity contribution in [2.45, 2.75) is 51.0 Å². The highest BCUT2D eigenvalue weighted by molar-refractivity contribution is 5.78. The van der Waals surface area contributed by atoms with Crippen molar-refractivity contribution >= 4 is 5.91 Å². The smallest absolute Gasteiger partial charge is 0.342 e. The van der Waals surface area contributed by atoms with E-state index in [1.807, 2.05) is 13.8 Å². The van der Waals surface area contributed by atoms with Gasteiger partial charge in [0.2, 0.25) is 5.91 Å². The Balaban J connectivity index is 2.28. The molecule has 8 heteroatoms. The molecule has 0 fully saturated rings. The number of benzene rings is 3. The first-order valence-electron chi connectivity index (χ1n) is 11.5. The number of hydrogen-bond donors (Lipinski definition) is 1. The van der Waals surface area contributed by atoms with Crippen molar-refractivity contribution in [2.24, 2.45) is 5.92 Å². The van der Waals surface area contributed by atoms with Gasteiger partial charge in [-0.3, -0.25) is 4.79 Å². The van der Waals surface area contributed by atoms with Crippen LogP contribution in [0.15, 0.2) is 78.9 Å². The Morgan fingerprint density at radius 1 is 0.722 bits per heavy atom. The second kappa shape index (κ2) is 10.8. The maximum absolute atomic E-state index is 13.6. The van der Waals surface area contributed by atoms with Gasteiger partial charge in [-0.2, -0.15) is 26.3 Å². The molecular weight excluding hydrogens is 480 g/mol. The second-order valence-corrected chi connectivity index (χ2v) is 9.21. The number of halogens is 6. The summed E-state index contributed by atoms with van der Waals surface area (Å²) in [4.78, 5) is 13.1. The molecule has 0 saturated heterocycles. The number of hydrogen-bond acceptors (Lipinski definition) is 1. The lowest BCUT2D eigenvalue weighted by Crippen LogP contribution is -2.49. The molecule has 3 aromatic rings. The lowest BCUT2D eigenvalue weighted by Gasteiger charge is -2.37. The normalized spacial score (nSPS) is 12.6. The zero-order valence-corrected chi connectivity index (χ0v) is 19.9. The molecule has 0 heterocycles. The van der Waals surface area contributed by atoms with Crippen molar-refractivity contribution < 1.29 is 31.1 Å². The summed E-state index contributed by atoms with van der Waals surface area (Å²) in [6.45, 7) is 3.84. The van der Waals surface area contributed by atoms with Gasteiger partial charge in [0.25, 0.3) is 0 Å². The van der Waals surface area contributed by atoms with Gasteiger partial charge in [-0.15, -0.1) is 0 Å². The fourth-order valence-electron chi connectivity index (χ4n) is 4.10. The minimum absolute atomic E-state index is 0.0402. The van der Waals surface area contributed by atoms with Crippen LogP contribution in [-0.2, 0) is 29.1 Å². The molecule has 36 heavy (non-hydrogen) atoms. The minimum Gasteiger partial charge on any atom is -0.342 e. The topological polar surface area (TPSA) is 29.1 Å². The molecule has 2 nitrogen and oxygen atoms in total. The largest absolute Gasteiger partial charge is 0.416 e. The highest BCUT2D eigenvalue weighted by atomic mass is 19.4. The summed E-state index contributed by atoms with van der Waals surface area (Å²) in [5, 5.41) is 2.85. The summed E-state index contributed by atoms with van der Waals surface area (Å²) in [5.41, 5.74) is -2.88. The second-order valence-electron chi connectivity index (χ2n) is 9.21. The predicted molar refractivity (Wildman–Crippen MR) is 126 cm³/mol. The SMILES string of the molecule is CC(C)CCC(=O)NC(Cc1ccccc1)(c1cccc(C(F)(F)F)c1)c1cccc(C(F)(F)F)c1. The van der Waals surface area contributed by atoms with Crippen LogP contribution in [0.4, 0.5) is 26.3 Å². The first kappa shape index (κ1) is 27.3. The minimum atomic E-state index is -4.68. The van der Waals surface area contributed by atoms with Crippen LogP contribution in [-0.4, -0.2) is 5.91 Å². The Hall–Kier alpha value is -3.29. The molecule has 0 radical (unpaired) electrons. The fourth-order valence-corrected chi connectivity index (χ4v) is 4.10. The Morgan fingerprint density at radius 2 is 1.19 bits per heavy atom. The van der Waals surface area contributed by atoms with Crippen molar-refractivity contribution in [3.63, 3.8) is 0 Å². The van der Waals surface area contributed by atoms with Crippen molar-refractivity contribution in [3.8, 4) is 0 Å². The van der Waals surface area contributed by atoms with E-state index in [9.17, 15) is 31.1 Å². The molecule has 0 aliphatic rings. The lowest BCUT2D eigenvalue weighted by molar-refractivity contribution is -0.138. The Morgan fingerprint density at radius 3 is 1.64 bits per heavy atom. The zero-order chi connectivity index (χ0) is 26.6. The molecule has 3 aromatic carbocycles. The molecule has 0 unspecified atom stereocenters. The maximum atomic E-state index is 13.6. The van der Waals surface area contributed by atoms with Crippen LogP contribution in [0.1, 0.15) is 54.5 Å². The van der Waals surface area contributed by atoms with Crippen molar-refractivity contribution in [1.29, 1.82) is 0 Å². The molecule has 0 saturated carbocycles. The molecule has 192 valence electrons. The van der Waals surface area contributed by atoms with E-state index in [-0.39, 0.29) is 29.9 Å². The molecule has 0 aromatic heterocycles. The highest BCUT2D eigenvalue weighted by Gasteiger charge is 2.40. The molecule has 1 amide bonds. The van der Waals surface area contributed by atoms with E-state index in [0.717, 1.165) is 24.3 Å². The van der Waals surface area contributed by atoms with Gasteiger partial charge < -0.3 is 5.32 Å². The lowest BCUT2D eigenvalue weighted by atomic mass is 9.76. The summed E-state index contributed by atoms with van der Waals surface area (Å²) < 4.78 is 81.9. The molecule has 0 spiro atoms. The summed E-state index contributed by atoms with van der Waals surface area (Å²) in [6.07, 6.45) is -8.82. The third-order valence-corrected chi connectivity index (χ3v) is 5.98. The highest BCUT2D eigenvalue weighted by Crippen LogP contribution is 2.39. The van der Waals surface area contributed by atoms with Gasteiger partial charge in [0.15, 0.2) is 0 Å². The van der Waals surface area contributed by atoms with Crippen LogP contribution in [0.3, 0.4) is 0 Å². The van der Waals surface area contributed by atoms with Gasteiger partial charge in [-0.25, -0.2) is 0 Å². The molecule has 0 atom stereocenters. The van der Waals surface area contributed by atoms with E-state index in [2.05, 4.69) is 5.32 Å². The van der Waals surface area contributed by atoms with Gasteiger partial charge in [0, 0.05) is 12.8 Å². The summed E-state index contributed by atoms with van der Waals surface area (Å²) in [7, 11) is 0. The number of carbonyl (C=O) groups is 1. The number of alkyl halides is 6. The van der Waals surface area contributed by atoms with Crippen molar-refractivity contribution in [3.05, 3.63) is 107 Å². The summed E-state index contributed by atoms with van der Waals surface area (Å²) >= 11 is 0. The van der Waals surface area contributed by atoms with Gasteiger partial charge in [-0.1, -0.05) is 68.4 Å². The summed E-state index contributed by atoms with van der Waals surface area (Å²) in [6, 6.07) is 17.4. The number of amides is 1. The first-order valence-corrected chi connectivity index (χ1v) is 11.5. The van der Waals surface area contributed by atoms with Crippen molar-refractivity contribution in [2.75, 3.05) is 0 Å². The summed E-state index contributed by atoms with van der Waals surface area (Å²) in [5.74, 6) is -0.282. The van der Waals surface area contributed by atoms with Crippen molar-refractivity contribution in [1.82, 2.24) is 5.32 Å². The first-order chi connectivity index (χ1) is 16.8. The van der Waals surface area contributed by atoms with Crippen LogP contribution < -0.4 is 5.32 Å². The van der Waals surface area contributed by atoms with E-state index in [1.54, 1.807) is 30.3 Å². The van der Waals surface area contributed by atoms with Gasteiger partial charge in [-0.05, 0) is 53.3 Å². The maximum Gasteiger partial charge on any atom is 0.416 e. The average molecular weight is 508 g/mol. The van der Waals surface area contributed by atoms with E-state index in [1.165, 1.54) is 24.3 Å². The number of nitrogens with one attached hydrogen (secondary N) is 1. The third-order valence-electron chi connectivity index (χ3n) is 5.98. The van der Waals surface area contributed by atoms with Gasteiger partial charge in [0.05, 0.1) is 16.7 Å². The van der Waals surface area contributed by atoms with E-state index < -0.39 is 34.9 Å². The third kappa shape index (κ3) is 6.68.